The highest BCUT2D eigenvalue weighted by Gasteiger charge is 2.36. The standard InChI is InChI=1S/C27H27F3N2O2S/c1-15-11-17(12-16(2)27(15)35(3)34)19-9-10-31-14-18(19)13-24(33)23-8-7-22(30)26(32-23)25-20(28)5-4-6-21(25)29/h4-10,14-17,27H,11-13H2,1-3H3/t15-,16+,17?,27?,35?. The minimum Gasteiger partial charge on any atom is -0.292 e. The number of carbonyl (C=O) groups excluding carboxylic acids is 1. The fourth-order valence-corrected chi connectivity index (χ4v) is 7.01. The molecule has 184 valence electrons. The molecule has 3 aromatic rings. The molecule has 0 saturated heterocycles. The van der Waals surface area contributed by atoms with E-state index >= 15 is 0 Å². The van der Waals surface area contributed by atoms with Gasteiger partial charge in [-0.15, -0.1) is 0 Å². The van der Waals surface area contributed by atoms with E-state index in [2.05, 4.69) is 23.8 Å². The molecule has 2 heterocycles. The van der Waals surface area contributed by atoms with E-state index in [0.29, 0.717) is 0 Å². The predicted octanol–water partition coefficient (Wildman–Crippen LogP) is 5.88. The summed E-state index contributed by atoms with van der Waals surface area (Å²) in [5.41, 5.74) is 0.532. The monoisotopic (exact) mass is 500 g/mol. The van der Waals surface area contributed by atoms with Crippen LogP contribution in [-0.4, -0.2) is 31.5 Å². The summed E-state index contributed by atoms with van der Waals surface area (Å²) < 4.78 is 55.1. The van der Waals surface area contributed by atoms with E-state index in [1.165, 1.54) is 12.1 Å². The zero-order valence-electron chi connectivity index (χ0n) is 19.8. The summed E-state index contributed by atoms with van der Waals surface area (Å²) in [4.78, 5) is 21.3. The van der Waals surface area contributed by atoms with Crippen molar-refractivity contribution < 1.29 is 22.2 Å². The lowest BCUT2D eigenvalue weighted by atomic mass is 9.72. The first-order valence-corrected chi connectivity index (χ1v) is 13.2. The number of nitrogens with zero attached hydrogens (tertiary/aromatic N) is 2. The molecule has 35 heavy (non-hydrogen) atoms. The highest BCUT2D eigenvalue weighted by atomic mass is 32.2. The van der Waals surface area contributed by atoms with E-state index in [-0.39, 0.29) is 35.1 Å². The zero-order valence-corrected chi connectivity index (χ0v) is 20.6. The van der Waals surface area contributed by atoms with Crippen LogP contribution in [-0.2, 0) is 17.2 Å². The lowest BCUT2D eigenvalue weighted by molar-refractivity contribution is 0.0987. The molecule has 0 N–H and O–H groups in total. The molecule has 0 aliphatic heterocycles. The zero-order chi connectivity index (χ0) is 25.3. The van der Waals surface area contributed by atoms with E-state index in [4.69, 9.17) is 0 Å². The summed E-state index contributed by atoms with van der Waals surface area (Å²) in [7, 11) is -0.905. The van der Waals surface area contributed by atoms with Crippen molar-refractivity contribution in [3.05, 3.63) is 83.1 Å². The van der Waals surface area contributed by atoms with Crippen molar-refractivity contribution in [3.63, 3.8) is 0 Å². The van der Waals surface area contributed by atoms with Crippen molar-refractivity contribution in [2.45, 2.75) is 44.3 Å². The summed E-state index contributed by atoms with van der Waals surface area (Å²) in [6.45, 7) is 4.24. The van der Waals surface area contributed by atoms with Gasteiger partial charge in [0.1, 0.15) is 28.8 Å². The van der Waals surface area contributed by atoms with E-state index in [0.717, 1.165) is 42.2 Å². The minimum absolute atomic E-state index is 0.0244. The molecule has 8 heteroatoms. The number of aromatic nitrogens is 2. The van der Waals surface area contributed by atoms with Gasteiger partial charge in [0.15, 0.2) is 5.78 Å². The Bertz CT molecular complexity index is 1250. The van der Waals surface area contributed by atoms with Gasteiger partial charge in [-0.05, 0) is 72.1 Å². The second-order valence-corrected chi connectivity index (χ2v) is 10.9. The summed E-state index contributed by atoms with van der Waals surface area (Å²) >= 11 is 0. The average molecular weight is 501 g/mol. The maximum absolute atomic E-state index is 14.4. The molecule has 3 unspecified atom stereocenters. The van der Waals surface area contributed by atoms with Gasteiger partial charge in [-0.1, -0.05) is 19.9 Å². The Kier molecular flexibility index (Phi) is 7.50. The molecule has 1 aliphatic carbocycles. The summed E-state index contributed by atoms with van der Waals surface area (Å²) in [6, 6.07) is 7.34. The van der Waals surface area contributed by atoms with E-state index in [1.54, 1.807) is 18.6 Å². The second-order valence-electron chi connectivity index (χ2n) is 9.38. The van der Waals surface area contributed by atoms with Crippen molar-refractivity contribution in [2.75, 3.05) is 6.26 Å². The normalized spacial score (nSPS) is 23.1. The number of halogens is 3. The first-order valence-electron chi connectivity index (χ1n) is 11.6. The number of ketones is 1. The van der Waals surface area contributed by atoms with Gasteiger partial charge in [-0.25, -0.2) is 18.2 Å². The van der Waals surface area contributed by atoms with Crippen molar-refractivity contribution >= 4 is 16.6 Å². The van der Waals surface area contributed by atoms with Crippen LogP contribution in [0, 0.1) is 29.3 Å². The molecule has 4 nitrogen and oxygen atoms in total. The molecule has 1 aliphatic rings. The van der Waals surface area contributed by atoms with Crippen molar-refractivity contribution in [3.8, 4) is 11.3 Å². The van der Waals surface area contributed by atoms with Gasteiger partial charge in [-0.3, -0.25) is 14.0 Å². The summed E-state index contributed by atoms with van der Waals surface area (Å²) in [5.74, 6) is -2.51. The maximum atomic E-state index is 14.4. The molecule has 0 bridgehead atoms. The Labute approximate surface area is 205 Å². The Morgan fingerprint density at radius 3 is 2.29 bits per heavy atom. The van der Waals surface area contributed by atoms with Crippen LogP contribution in [0.5, 0.6) is 0 Å². The van der Waals surface area contributed by atoms with Gasteiger partial charge < -0.3 is 0 Å². The lowest BCUT2D eigenvalue weighted by Crippen LogP contribution is -2.36. The molecule has 1 fully saturated rings. The maximum Gasteiger partial charge on any atom is 0.185 e. The third-order valence-electron chi connectivity index (χ3n) is 6.88. The number of Topliss-reactive ketones (excluding diaryl/α,β-unsaturated/α-hetero) is 1. The number of pyridine rings is 2. The first-order chi connectivity index (χ1) is 16.7. The number of hydrogen-bond acceptors (Lipinski definition) is 4. The molecule has 1 aromatic carbocycles. The molecular formula is C27H27F3N2O2S. The van der Waals surface area contributed by atoms with Crippen LogP contribution in [0.25, 0.3) is 11.3 Å². The fourth-order valence-electron chi connectivity index (χ4n) is 5.48. The van der Waals surface area contributed by atoms with Gasteiger partial charge in [0.2, 0.25) is 0 Å². The average Bonchev–Trinajstić information content (AvgIpc) is 2.79. The first kappa shape index (κ1) is 25.2. The van der Waals surface area contributed by atoms with E-state index in [1.807, 2.05) is 6.07 Å². The molecule has 5 atom stereocenters. The molecule has 1 saturated carbocycles. The van der Waals surface area contributed by atoms with Crippen LogP contribution in [0.15, 0.2) is 48.8 Å². The van der Waals surface area contributed by atoms with Crippen LogP contribution in [0.4, 0.5) is 13.2 Å². The molecule has 0 spiro atoms. The van der Waals surface area contributed by atoms with Gasteiger partial charge in [0.25, 0.3) is 0 Å². The SMILES string of the molecule is C[C@@H]1CC(c2ccncc2CC(=O)c2ccc(F)c(-c3c(F)cccc3F)n2)C[C@H](C)C1S(C)=O. The smallest absolute Gasteiger partial charge is 0.185 e. The quantitative estimate of drug-likeness (QED) is 0.397. The van der Waals surface area contributed by atoms with Gasteiger partial charge >= 0.3 is 0 Å². The van der Waals surface area contributed by atoms with Crippen molar-refractivity contribution in [1.82, 2.24) is 9.97 Å². The largest absolute Gasteiger partial charge is 0.292 e. The van der Waals surface area contributed by atoms with Crippen molar-refractivity contribution in [2.24, 2.45) is 11.8 Å². The molecule has 0 radical (unpaired) electrons. The van der Waals surface area contributed by atoms with Gasteiger partial charge in [-0.2, -0.15) is 0 Å². The molecule has 4 rings (SSSR count). The predicted molar refractivity (Wildman–Crippen MR) is 130 cm³/mol. The highest BCUT2D eigenvalue weighted by Crippen LogP contribution is 2.42. The Balaban J connectivity index is 1.61. The van der Waals surface area contributed by atoms with Crippen LogP contribution in [0.3, 0.4) is 0 Å². The van der Waals surface area contributed by atoms with E-state index < -0.39 is 45.3 Å². The van der Waals surface area contributed by atoms with E-state index in [9.17, 15) is 22.2 Å². The summed E-state index contributed by atoms with van der Waals surface area (Å²) in [6.07, 6.45) is 6.77. The fraction of sp³-hybridized carbons (Fsp3) is 0.370. The second kappa shape index (κ2) is 10.4. The lowest BCUT2D eigenvalue weighted by Gasteiger charge is -2.38. The number of hydrogen-bond donors (Lipinski definition) is 0. The van der Waals surface area contributed by atoms with Gasteiger partial charge in [0.05, 0.1) is 5.56 Å². The number of benzene rings is 1. The third kappa shape index (κ3) is 5.22. The van der Waals surface area contributed by atoms with Crippen LogP contribution in [0.1, 0.15) is 54.2 Å². The number of carbonyl (C=O) groups is 1. The Morgan fingerprint density at radius 2 is 1.66 bits per heavy atom. The van der Waals surface area contributed by atoms with Gasteiger partial charge in [0, 0.05) is 41.1 Å². The molecule has 0 amide bonds. The molecular weight excluding hydrogens is 473 g/mol. The molecule has 2 aromatic heterocycles. The highest BCUT2D eigenvalue weighted by molar-refractivity contribution is 7.84. The van der Waals surface area contributed by atoms with Crippen molar-refractivity contribution in [1.29, 1.82) is 0 Å². The minimum atomic E-state index is -0.956. The van der Waals surface area contributed by atoms with Crippen LogP contribution in [0.2, 0.25) is 0 Å². The van der Waals surface area contributed by atoms with Crippen LogP contribution >= 0.6 is 0 Å². The number of rotatable bonds is 6. The Morgan fingerprint density at radius 1 is 1.00 bits per heavy atom. The third-order valence-corrected chi connectivity index (χ3v) is 8.58. The Hall–Kier alpha value is -2.87. The topological polar surface area (TPSA) is 59.9 Å². The summed E-state index contributed by atoms with van der Waals surface area (Å²) in [5, 5.41) is 0.138. The van der Waals surface area contributed by atoms with Crippen LogP contribution < -0.4 is 0 Å².